The lowest BCUT2D eigenvalue weighted by Crippen LogP contribution is -2.47. The molecule has 1 heterocycles. The van der Waals surface area contributed by atoms with Crippen LogP contribution in [0.15, 0.2) is 0 Å². The molecule has 15 heavy (non-hydrogen) atoms. The van der Waals surface area contributed by atoms with Crippen molar-refractivity contribution in [1.29, 1.82) is 0 Å². The maximum absolute atomic E-state index is 12.0. The van der Waals surface area contributed by atoms with Crippen molar-refractivity contribution in [2.45, 2.75) is 31.5 Å². The molecule has 1 amide bonds. The van der Waals surface area contributed by atoms with Gasteiger partial charge < -0.3 is 10.2 Å². The van der Waals surface area contributed by atoms with Gasteiger partial charge in [-0.1, -0.05) is 0 Å². The number of alkyl halides is 3. The van der Waals surface area contributed by atoms with E-state index in [-0.39, 0.29) is 6.04 Å². The molecule has 1 saturated heterocycles. The summed E-state index contributed by atoms with van der Waals surface area (Å²) in [5, 5.41) is 2.98. The van der Waals surface area contributed by atoms with Crippen LogP contribution in [0.2, 0.25) is 0 Å². The highest BCUT2D eigenvalue weighted by Gasteiger charge is 2.34. The van der Waals surface area contributed by atoms with E-state index in [1.165, 1.54) is 4.90 Å². The second-order valence-electron chi connectivity index (χ2n) is 3.76. The fourth-order valence-electron chi connectivity index (χ4n) is 1.72. The Kier molecular flexibility index (Phi) is 3.96. The molecule has 0 aromatic heterocycles. The summed E-state index contributed by atoms with van der Waals surface area (Å²) in [6.45, 7) is 0.818. The molecular weight excluding hydrogens is 209 g/mol. The highest BCUT2D eigenvalue weighted by molar-refractivity contribution is 5.77. The largest absolute Gasteiger partial charge is 0.397 e. The van der Waals surface area contributed by atoms with Gasteiger partial charge in [0.25, 0.3) is 0 Å². The molecule has 0 radical (unpaired) electrons. The first-order chi connectivity index (χ1) is 6.92. The quantitative estimate of drug-likeness (QED) is 0.763. The van der Waals surface area contributed by atoms with Gasteiger partial charge in [-0.05, 0) is 19.9 Å². The lowest BCUT2D eigenvalue weighted by atomic mass is 10.1. The van der Waals surface area contributed by atoms with E-state index >= 15 is 0 Å². The molecule has 6 heteroatoms. The zero-order valence-electron chi connectivity index (χ0n) is 8.60. The zero-order valence-corrected chi connectivity index (χ0v) is 8.60. The summed E-state index contributed by atoms with van der Waals surface area (Å²) in [6.07, 6.45) is -4.07. The van der Waals surface area contributed by atoms with Gasteiger partial charge in [0.2, 0.25) is 5.91 Å². The number of nitrogens with zero attached hydrogens (tertiary/aromatic N) is 1. The monoisotopic (exact) mass is 224 g/mol. The summed E-state index contributed by atoms with van der Waals surface area (Å²) >= 11 is 0. The van der Waals surface area contributed by atoms with Crippen LogP contribution in [-0.4, -0.2) is 43.2 Å². The summed E-state index contributed by atoms with van der Waals surface area (Å²) < 4.78 is 35.9. The minimum Gasteiger partial charge on any atom is -0.341 e. The summed E-state index contributed by atoms with van der Waals surface area (Å²) in [7, 11) is 1.75. The average Bonchev–Trinajstić information content (AvgIpc) is 2.15. The van der Waals surface area contributed by atoms with Crippen molar-refractivity contribution in [2.24, 2.45) is 0 Å². The van der Waals surface area contributed by atoms with Crippen molar-refractivity contribution in [3.63, 3.8) is 0 Å². The van der Waals surface area contributed by atoms with E-state index in [4.69, 9.17) is 0 Å². The maximum Gasteiger partial charge on any atom is 0.397 e. The number of piperidine rings is 1. The van der Waals surface area contributed by atoms with Gasteiger partial charge in [0.05, 0.1) is 0 Å². The molecule has 1 N–H and O–H groups in total. The Bertz CT molecular complexity index is 230. The molecule has 0 spiro atoms. The number of carbonyl (C=O) groups excluding carboxylic acids is 1. The third kappa shape index (κ3) is 4.07. The van der Waals surface area contributed by atoms with Crippen LogP contribution in [0, 0.1) is 0 Å². The number of carbonyl (C=O) groups is 1. The van der Waals surface area contributed by atoms with Gasteiger partial charge in [-0.25, -0.2) is 0 Å². The topological polar surface area (TPSA) is 32.3 Å². The average molecular weight is 224 g/mol. The molecule has 1 fully saturated rings. The zero-order chi connectivity index (χ0) is 11.5. The summed E-state index contributed by atoms with van der Waals surface area (Å²) in [5.74, 6) is -0.817. The molecule has 1 atom stereocenters. The molecular formula is C9H15F3N2O. The van der Waals surface area contributed by atoms with Crippen LogP contribution in [-0.2, 0) is 4.79 Å². The molecule has 3 nitrogen and oxygen atoms in total. The highest BCUT2D eigenvalue weighted by Crippen LogP contribution is 2.22. The molecule has 1 rings (SSSR count). The van der Waals surface area contributed by atoms with Gasteiger partial charge in [-0.2, -0.15) is 13.2 Å². The number of likely N-dealkylation sites (tertiary alicyclic amines) is 1. The second kappa shape index (κ2) is 4.83. The summed E-state index contributed by atoms with van der Waals surface area (Å²) in [6, 6.07) is 0.121. The smallest absolute Gasteiger partial charge is 0.341 e. The first-order valence-corrected chi connectivity index (χ1v) is 4.94. The number of likely N-dealkylation sites (N-methyl/N-ethyl adjacent to an activating group) is 1. The highest BCUT2D eigenvalue weighted by atomic mass is 19.4. The molecule has 0 aromatic carbocycles. The SMILES string of the molecule is CNC1CCCN(C(=O)CC(F)(F)F)C1. The molecule has 0 aromatic rings. The van der Waals surface area contributed by atoms with Crippen LogP contribution >= 0.6 is 0 Å². The van der Waals surface area contributed by atoms with Crippen LogP contribution in [0.1, 0.15) is 19.3 Å². The third-order valence-electron chi connectivity index (χ3n) is 2.53. The van der Waals surface area contributed by atoms with E-state index in [1.54, 1.807) is 7.05 Å². The van der Waals surface area contributed by atoms with Gasteiger partial charge in [-0.3, -0.25) is 4.79 Å². The van der Waals surface area contributed by atoms with Gasteiger partial charge >= 0.3 is 6.18 Å². The van der Waals surface area contributed by atoms with Crippen molar-refractivity contribution < 1.29 is 18.0 Å². The van der Waals surface area contributed by atoms with Crippen LogP contribution in [0.3, 0.4) is 0 Å². The Morgan fingerprint density at radius 1 is 1.53 bits per heavy atom. The van der Waals surface area contributed by atoms with Gasteiger partial charge in [0.1, 0.15) is 6.42 Å². The summed E-state index contributed by atoms with van der Waals surface area (Å²) in [4.78, 5) is 12.5. The Balaban J connectivity index is 2.45. The fourth-order valence-corrected chi connectivity index (χ4v) is 1.72. The fraction of sp³-hybridized carbons (Fsp3) is 0.889. The van der Waals surface area contributed by atoms with E-state index in [0.29, 0.717) is 13.1 Å². The summed E-state index contributed by atoms with van der Waals surface area (Å²) in [5.41, 5.74) is 0. The Morgan fingerprint density at radius 3 is 2.73 bits per heavy atom. The standard InChI is InChI=1S/C9H15F3N2O/c1-13-7-3-2-4-14(6-7)8(15)5-9(10,11)12/h7,13H,2-6H2,1H3. The normalized spacial score (nSPS) is 22.9. The van der Waals surface area contributed by atoms with Gasteiger partial charge in [0, 0.05) is 19.1 Å². The van der Waals surface area contributed by atoms with Gasteiger partial charge in [0.15, 0.2) is 0 Å². The van der Waals surface area contributed by atoms with Crippen molar-refractivity contribution in [2.75, 3.05) is 20.1 Å². The first kappa shape index (κ1) is 12.3. The number of hydrogen-bond donors (Lipinski definition) is 1. The Labute approximate surface area is 86.6 Å². The molecule has 1 unspecified atom stereocenters. The molecule has 0 aliphatic carbocycles. The van der Waals surface area contributed by atoms with E-state index in [9.17, 15) is 18.0 Å². The number of amides is 1. The van der Waals surface area contributed by atoms with E-state index in [2.05, 4.69) is 5.32 Å². The van der Waals surface area contributed by atoms with E-state index in [1.807, 2.05) is 0 Å². The van der Waals surface area contributed by atoms with Crippen LogP contribution in [0.25, 0.3) is 0 Å². The third-order valence-corrected chi connectivity index (χ3v) is 2.53. The van der Waals surface area contributed by atoms with Gasteiger partial charge in [-0.15, -0.1) is 0 Å². The Hall–Kier alpha value is -0.780. The molecule has 1 aliphatic heterocycles. The molecule has 1 aliphatic rings. The van der Waals surface area contributed by atoms with E-state index in [0.717, 1.165) is 12.8 Å². The molecule has 0 bridgehead atoms. The number of rotatable bonds is 2. The number of halogens is 3. The first-order valence-electron chi connectivity index (χ1n) is 4.94. The lowest BCUT2D eigenvalue weighted by Gasteiger charge is -2.32. The number of nitrogens with one attached hydrogen (secondary N) is 1. The Morgan fingerprint density at radius 2 is 2.20 bits per heavy atom. The lowest BCUT2D eigenvalue weighted by molar-refractivity contribution is -0.162. The number of hydrogen-bond acceptors (Lipinski definition) is 2. The molecule has 88 valence electrons. The van der Waals surface area contributed by atoms with Crippen LogP contribution in [0.5, 0.6) is 0 Å². The van der Waals surface area contributed by atoms with Crippen molar-refractivity contribution in [1.82, 2.24) is 10.2 Å². The molecule has 0 saturated carbocycles. The van der Waals surface area contributed by atoms with Crippen LogP contribution in [0.4, 0.5) is 13.2 Å². The minimum atomic E-state index is -4.40. The maximum atomic E-state index is 12.0. The van der Waals surface area contributed by atoms with Crippen molar-refractivity contribution >= 4 is 5.91 Å². The minimum absolute atomic E-state index is 0.121. The van der Waals surface area contributed by atoms with Crippen LogP contribution < -0.4 is 5.32 Å². The van der Waals surface area contributed by atoms with Crippen molar-refractivity contribution in [3.05, 3.63) is 0 Å². The van der Waals surface area contributed by atoms with Crippen molar-refractivity contribution in [3.8, 4) is 0 Å². The predicted octanol–water partition coefficient (Wildman–Crippen LogP) is 1.15. The second-order valence-corrected chi connectivity index (χ2v) is 3.76. The predicted molar refractivity (Wildman–Crippen MR) is 49.3 cm³/mol. The van der Waals surface area contributed by atoms with E-state index < -0.39 is 18.5 Å².